The van der Waals surface area contributed by atoms with Crippen LogP contribution in [-0.2, 0) is 0 Å². The third-order valence-electron chi connectivity index (χ3n) is 6.85. The molecule has 3 aromatic rings. The number of benzene rings is 1. The molecule has 1 saturated heterocycles. The summed E-state index contributed by atoms with van der Waals surface area (Å²) in [5.74, 6) is 0.306. The van der Waals surface area contributed by atoms with Crippen LogP contribution in [0.1, 0.15) is 69.1 Å². The van der Waals surface area contributed by atoms with Gasteiger partial charge >= 0.3 is 0 Å². The fourth-order valence-corrected chi connectivity index (χ4v) is 5.11. The first-order valence-corrected chi connectivity index (χ1v) is 11.6. The van der Waals surface area contributed by atoms with E-state index in [2.05, 4.69) is 16.0 Å². The van der Waals surface area contributed by atoms with Crippen molar-refractivity contribution < 1.29 is 9.59 Å². The van der Waals surface area contributed by atoms with Gasteiger partial charge in [0.25, 0.3) is 11.8 Å². The number of hydrogen-bond acceptors (Lipinski definition) is 4. The lowest BCUT2D eigenvalue weighted by Crippen LogP contribution is -2.38. The molecule has 4 heterocycles. The lowest BCUT2D eigenvalue weighted by atomic mass is 9.90. The number of pyridine rings is 2. The standard InChI is InChI=1S/C26H25ClN4O2/c1-16-5-8-28-15-24(16)25(32)30-9-6-18(7-10-30)19-11-21(14-29-13-19)31-17(2)23-12-20(27)3-4-22(23)26(31)33/h3-5,8,11-15,17-18H,6-7,9-10H2,1-2H3/t17-/m1/s1. The Balaban J connectivity index is 1.31. The van der Waals surface area contributed by atoms with Gasteiger partial charge in [-0.2, -0.15) is 0 Å². The smallest absolute Gasteiger partial charge is 0.259 e. The number of halogens is 1. The second-order valence-corrected chi connectivity index (χ2v) is 9.25. The zero-order valence-corrected chi connectivity index (χ0v) is 19.4. The number of rotatable bonds is 3. The van der Waals surface area contributed by atoms with Crippen LogP contribution >= 0.6 is 11.6 Å². The van der Waals surface area contributed by atoms with Crippen LogP contribution in [0.5, 0.6) is 0 Å². The normalized spacial score (nSPS) is 18.5. The average Bonchev–Trinajstić information content (AvgIpc) is 3.08. The quantitative estimate of drug-likeness (QED) is 0.540. The van der Waals surface area contributed by atoms with Gasteiger partial charge in [0, 0.05) is 42.3 Å². The summed E-state index contributed by atoms with van der Waals surface area (Å²) in [5, 5.41) is 0.630. The highest BCUT2D eigenvalue weighted by molar-refractivity contribution is 6.31. The molecule has 33 heavy (non-hydrogen) atoms. The van der Waals surface area contributed by atoms with Crippen LogP contribution < -0.4 is 4.90 Å². The van der Waals surface area contributed by atoms with E-state index in [9.17, 15) is 9.59 Å². The molecule has 6 nitrogen and oxygen atoms in total. The molecule has 2 aliphatic rings. The number of aryl methyl sites for hydroxylation is 1. The fraction of sp³-hybridized carbons (Fsp3) is 0.308. The number of nitrogens with zero attached hydrogens (tertiary/aromatic N) is 4. The molecular formula is C26H25ClN4O2. The van der Waals surface area contributed by atoms with Gasteiger partial charge in [0.2, 0.25) is 0 Å². The van der Waals surface area contributed by atoms with Gasteiger partial charge in [0.05, 0.1) is 23.5 Å². The third-order valence-corrected chi connectivity index (χ3v) is 7.08. The van der Waals surface area contributed by atoms with Gasteiger partial charge in [-0.25, -0.2) is 0 Å². The summed E-state index contributed by atoms with van der Waals surface area (Å²) in [7, 11) is 0. The minimum atomic E-state index is -0.106. The molecule has 0 aliphatic carbocycles. The number of amides is 2. The molecule has 168 valence electrons. The molecule has 7 heteroatoms. The fourth-order valence-electron chi connectivity index (χ4n) is 4.93. The van der Waals surface area contributed by atoms with Gasteiger partial charge in [0.15, 0.2) is 0 Å². The van der Waals surface area contributed by atoms with Crippen molar-refractivity contribution in [1.82, 2.24) is 14.9 Å². The van der Waals surface area contributed by atoms with Crippen molar-refractivity contribution in [2.24, 2.45) is 0 Å². The first kappa shape index (κ1) is 21.6. The third kappa shape index (κ3) is 3.89. The zero-order chi connectivity index (χ0) is 23.1. The van der Waals surface area contributed by atoms with Gasteiger partial charge in [-0.05, 0) is 79.6 Å². The number of likely N-dealkylation sites (tertiary alicyclic amines) is 1. The second-order valence-electron chi connectivity index (χ2n) is 8.82. The first-order chi connectivity index (χ1) is 15.9. The van der Waals surface area contributed by atoms with E-state index in [1.807, 2.05) is 37.1 Å². The van der Waals surface area contributed by atoms with Crippen molar-refractivity contribution in [2.45, 2.75) is 38.6 Å². The van der Waals surface area contributed by atoms with Crippen molar-refractivity contribution in [3.8, 4) is 0 Å². The molecule has 5 rings (SSSR count). The highest BCUT2D eigenvalue weighted by Crippen LogP contribution is 2.39. The molecule has 0 saturated carbocycles. The highest BCUT2D eigenvalue weighted by atomic mass is 35.5. The van der Waals surface area contributed by atoms with E-state index in [-0.39, 0.29) is 17.9 Å². The summed E-state index contributed by atoms with van der Waals surface area (Å²) >= 11 is 6.17. The molecule has 0 radical (unpaired) electrons. The average molecular weight is 461 g/mol. The molecular weight excluding hydrogens is 436 g/mol. The van der Waals surface area contributed by atoms with Crippen LogP contribution in [-0.4, -0.2) is 39.8 Å². The van der Waals surface area contributed by atoms with E-state index in [1.165, 1.54) is 0 Å². The topological polar surface area (TPSA) is 66.4 Å². The first-order valence-electron chi connectivity index (χ1n) is 11.2. The SMILES string of the molecule is Cc1ccncc1C(=O)N1CCC(c2cncc(N3C(=O)c4ccc(Cl)cc4[C@H]3C)c2)CC1. The maximum Gasteiger partial charge on any atom is 0.259 e. The van der Waals surface area contributed by atoms with Gasteiger partial charge in [-0.1, -0.05) is 11.6 Å². The van der Waals surface area contributed by atoms with Crippen molar-refractivity contribution in [3.63, 3.8) is 0 Å². The van der Waals surface area contributed by atoms with Crippen LogP contribution in [0.3, 0.4) is 0 Å². The number of carbonyl (C=O) groups is 2. The molecule has 2 aromatic heterocycles. The summed E-state index contributed by atoms with van der Waals surface area (Å²) < 4.78 is 0. The maximum absolute atomic E-state index is 13.1. The van der Waals surface area contributed by atoms with E-state index in [0.29, 0.717) is 35.2 Å². The van der Waals surface area contributed by atoms with Gasteiger partial charge < -0.3 is 4.90 Å². The minimum Gasteiger partial charge on any atom is -0.339 e. The van der Waals surface area contributed by atoms with E-state index < -0.39 is 0 Å². The second kappa shape index (κ2) is 8.60. The molecule has 0 unspecified atom stereocenters. The number of fused-ring (bicyclic) bond motifs is 1. The number of piperidine rings is 1. The van der Waals surface area contributed by atoms with Crippen molar-refractivity contribution >= 4 is 29.1 Å². The Bertz CT molecular complexity index is 1240. The predicted octanol–water partition coefficient (Wildman–Crippen LogP) is 5.18. The Kier molecular flexibility index (Phi) is 5.62. The van der Waals surface area contributed by atoms with Crippen LogP contribution in [0.15, 0.2) is 55.1 Å². The number of anilines is 1. The Labute approximate surface area is 198 Å². The number of carbonyl (C=O) groups excluding carboxylic acids is 2. The molecule has 1 fully saturated rings. The van der Waals surface area contributed by atoms with Crippen LogP contribution in [0.25, 0.3) is 0 Å². The lowest BCUT2D eigenvalue weighted by molar-refractivity contribution is 0.0711. The zero-order valence-electron chi connectivity index (χ0n) is 18.7. The van der Waals surface area contributed by atoms with E-state index in [1.54, 1.807) is 35.6 Å². The summed E-state index contributed by atoms with van der Waals surface area (Å²) in [6.45, 7) is 5.32. The monoisotopic (exact) mass is 460 g/mol. The number of hydrogen-bond donors (Lipinski definition) is 0. The van der Waals surface area contributed by atoms with Crippen molar-refractivity contribution in [1.29, 1.82) is 0 Å². The summed E-state index contributed by atoms with van der Waals surface area (Å²) in [5.41, 5.74) is 5.14. The maximum atomic E-state index is 13.1. The van der Waals surface area contributed by atoms with Crippen molar-refractivity contribution in [2.75, 3.05) is 18.0 Å². The molecule has 2 amide bonds. The van der Waals surface area contributed by atoms with Crippen LogP contribution in [0.4, 0.5) is 5.69 Å². The molecule has 1 aromatic carbocycles. The van der Waals surface area contributed by atoms with E-state index >= 15 is 0 Å². The largest absolute Gasteiger partial charge is 0.339 e. The van der Waals surface area contributed by atoms with Gasteiger partial charge in [-0.3, -0.25) is 24.5 Å². The van der Waals surface area contributed by atoms with E-state index in [4.69, 9.17) is 11.6 Å². The minimum absolute atomic E-state index is 0.0274. The molecule has 1 atom stereocenters. The number of aromatic nitrogens is 2. The highest BCUT2D eigenvalue weighted by Gasteiger charge is 2.35. The van der Waals surface area contributed by atoms with Gasteiger partial charge in [0.1, 0.15) is 0 Å². The van der Waals surface area contributed by atoms with E-state index in [0.717, 1.165) is 35.2 Å². The van der Waals surface area contributed by atoms with Crippen molar-refractivity contribution in [3.05, 3.63) is 88.0 Å². The Hall–Kier alpha value is -3.25. The van der Waals surface area contributed by atoms with Crippen LogP contribution in [0.2, 0.25) is 5.02 Å². The van der Waals surface area contributed by atoms with Crippen LogP contribution in [0, 0.1) is 6.92 Å². The molecule has 0 N–H and O–H groups in total. The van der Waals surface area contributed by atoms with Gasteiger partial charge in [-0.15, -0.1) is 0 Å². The summed E-state index contributed by atoms with van der Waals surface area (Å²) in [6.07, 6.45) is 8.69. The summed E-state index contributed by atoms with van der Waals surface area (Å²) in [4.78, 5) is 38.3. The Morgan fingerprint density at radius 2 is 1.85 bits per heavy atom. The molecule has 0 spiro atoms. The lowest BCUT2D eigenvalue weighted by Gasteiger charge is -2.33. The predicted molar refractivity (Wildman–Crippen MR) is 128 cm³/mol. The Morgan fingerprint density at radius 1 is 1.06 bits per heavy atom. The molecule has 2 aliphatic heterocycles. The summed E-state index contributed by atoms with van der Waals surface area (Å²) in [6, 6.07) is 9.25. The Morgan fingerprint density at radius 3 is 2.61 bits per heavy atom. The molecule has 0 bridgehead atoms.